The van der Waals surface area contributed by atoms with Crippen LogP contribution in [0, 0.1) is 0 Å². The van der Waals surface area contributed by atoms with E-state index in [1.807, 2.05) is 0 Å². The van der Waals surface area contributed by atoms with E-state index >= 15 is 0 Å². The zero-order valence-electron chi connectivity index (χ0n) is 40.7. The first-order chi connectivity index (χ1) is 30.6. The molecule has 0 rings (SSSR count). The highest BCUT2D eigenvalue weighted by molar-refractivity contribution is 7.47. The molecular weight excluding hydrogens is 818 g/mol. The van der Waals surface area contributed by atoms with E-state index in [1.54, 1.807) is 0 Å². The van der Waals surface area contributed by atoms with Crippen molar-refractivity contribution in [3.63, 3.8) is 0 Å². The number of carbonyl (C=O) groups is 3. The van der Waals surface area contributed by atoms with Crippen molar-refractivity contribution in [1.29, 1.82) is 0 Å². The maximum atomic E-state index is 12.7. The van der Waals surface area contributed by atoms with E-state index < -0.39 is 51.1 Å². The van der Waals surface area contributed by atoms with Gasteiger partial charge >= 0.3 is 25.7 Å². The van der Waals surface area contributed by atoms with Crippen molar-refractivity contribution in [2.24, 2.45) is 5.73 Å². The van der Waals surface area contributed by atoms with Crippen LogP contribution in [0.4, 0.5) is 0 Å². The topological polar surface area (TPSA) is 172 Å². The molecule has 0 saturated heterocycles. The molecule has 0 aromatic rings. The Morgan fingerprint density at radius 2 is 0.794 bits per heavy atom. The van der Waals surface area contributed by atoms with Crippen LogP contribution in [0.1, 0.15) is 264 Å². The molecule has 0 spiro atoms. The molecule has 0 fully saturated rings. The van der Waals surface area contributed by atoms with Crippen LogP contribution in [0.5, 0.6) is 0 Å². The third-order valence-corrected chi connectivity index (χ3v) is 12.7. The van der Waals surface area contributed by atoms with Crippen molar-refractivity contribution in [2.45, 2.75) is 276 Å². The number of hydrogen-bond acceptors (Lipinski definition) is 9. The molecule has 63 heavy (non-hydrogen) atoms. The summed E-state index contributed by atoms with van der Waals surface area (Å²) in [4.78, 5) is 46.2. The molecule has 0 bridgehead atoms. The lowest BCUT2D eigenvalue weighted by Gasteiger charge is -2.20. The van der Waals surface area contributed by atoms with Gasteiger partial charge in [-0.2, -0.15) is 0 Å². The fraction of sp³-hybridized carbons (Fsp3) is 0.902. The normalized spacial score (nSPS) is 13.6. The van der Waals surface area contributed by atoms with Crippen LogP contribution in [0.2, 0.25) is 0 Å². The number of carboxylic acids is 1. The molecule has 3 atom stereocenters. The molecule has 0 saturated carbocycles. The number of rotatable bonds is 50. The minimum Gasteiger partial charge on any atom is -0.480 e. The summed E-state index contributed by atoms with van der Waals surface area (Å²) >= 11 is 0. The molecule has 11 nitrogen and oxygen atoms in total. The first-order valence-corrected chi connectivity index (χ1v) is 27.7. The molecule has 1 unspecified atom stereocenters. The van der Waals surface area contributed by atoms with Gasteiger partial charge in [-0.15, -0.1) is 0 Å². The van der Waals surface area contributed by atoms with E-state index in [0.717, 1.165) is 38.5 Å². The van der Waals surface area contributed by atoms with Crippen LogP contribution < -0.4 is 5.73 Å². The number of ether oxygens (including phenoxy) is 2. The number of phosphoric ester groups is 1. The zero-order valence-corrected chi connectivity index (χ0v) is 41.6. The van der Waals surface area contributed by atoms with Crippen LogP contribution >= 0.6 is 7.82 Å². The molecule has 4 N–H and O–H groups in total. The van der Waals surface area contributed by atoms with Crippen LogP contribution in [0.25, 0.3) is 0 Å². The summed E-state index contributed by atoms with van der Waals surface area (Å²) < 4.78 is 32.9. The summed E-state index contributed by atoms with van der Waals surface area (Å²) in [6.45, 7) is 2.86. The molecule has 0 amide bonds. The van der Waals surface area contributed by atoms with Crippen molar-refractivity contribution < 1.29 is 47.5 Å². The second-order valence-corrected chi connectivity index (χ2v) is 19.5. The van der Waals surface area contributed by atoms with E-state index in [4.69, 9.17) is 24.8 Å². The lowest BCUT2D eigenvalue weighted by molar-refractivity contribution is -0.161. The van der Waals surface area contributed by atoms with Crippen LogP contribution in [0.3, 0.4) is 0 Å². The maximum absolute atomic E-state index is 12.7. The number of allylic oxidation sites excluding steroid dienone is 2. The number of carbonyl (C=O) groups excluding carboxylic acids is 2. The summed E-state index contributed by atoms with van der Waals surface area (Å²) in [5, 5.41) is 8.92. The summed E-state index contributed by atoms with van der Waals surface area (Å²) in [7, 11) is -4.72. The number of carboxylic acid groups (broad SMARTS) is 1. The first kappa shape index (κ1) is 61.2. The predicted octanol–water partition coefficient (Wildman–Crippen LogP) is 14.8. The van der Waals surface area contributed by atoms with Crippen LogP contribution in [-0.2, 0) is 37.5 Å². The molecule has 0 heterocycles. The number of esters is 2. The van der Waals surface area contributed by atoms with E-state index in [9.17, 15) is 23.8 Å². The highest BCUT2D eigenvalue weighted by Gasteiger charge is 2.28. The quantitative estimate of drug-likeness (QED) is 0.0229. The van der Waals surface area contributed by atoms with E-state index in [1.165, 1.54) is 186 Å². The monoisotopic (exact) mass is 916 g/mol. The number of phosphoric acid groups is 1. The Morgan fingerprint density at radius 3 is 1.16 bits per heavy atom. The Balaban J connectivity index is 4.20. The van der Waals surface area contributed by atoms with Gasteiger partial charge in [-0.1, -0.05) is 225 Å². The highest BCUT2D eigenvalue weighted by atomic mass is 31.2. The molecule has 0 aliphatic heterocycles. The van der Waals surface area contributed by atoms with Crippen LogP contribution in [0.15, 0.2) is 12.2 Å². The van der Waals surface area contributed by atoms with E-state index in [0.29, 0.717) is 12.8 Å². The molecule has 0 radical (unpaired) electrons. The van der Waals surface area contributed by atoms with Gasteiger partial charge in [0, 0.05) is 12.8 Å². The number of nitrogens with two attached hydrogens (primary N) is 1. The molecule has 0 aliphatic rings. The average molecular weight is 916 g/mol. The second-order valence-electron chi connectivity index (χ2n) is 18.0. The molecule has 0 aliphatic carbocycles. The molecule has 372 valence electrons. The Hall–Kier alpha value is -1.78. The minimum atomic E-state index is -4.72. The first-order valence-electron chi connectivity index (χ1n) is 26.2. The number of unbranched alkanes of at least 4 members (excludes halogenated alkanes) is 34. The van der Waals surface area contributed by atoms with Gasteiger partial charge in [-0.3, -0.25) is 23.4 Å². The van der Waals surface area contributed by atoms with Gasteiger partial charge in [0.25, 0.3) is 0 Å². The van der Waals surface area contributed by atoms with Gasteiger partial charge in [0.15, 0.2) is 6.10 Å². The van der Waals surface area contributed by atoms with Gasteiger partial charge in [0.2, 0.25) is 0 Å². The third-order valence-electron chi connectivity index (χ3n) is 11.8. The predicted molar refractivity (Wildman–Crippen MR) is 259 cm³/mol. The summed E-state index contributed by atoms with van der Waals surface area (Å²) in [5.74, 6) is -2.36. The Kier molecular flexibility index (Phi) is 45.4. The standard InChI is InChI=1S/C51H98NO10P/c1-3-5-7-9-11-13-15-17-19-21-23-25-26-28-30-32-34-36-38-40-42-49(53)59-44-47(45-60-63(57,58)61-46-48(52)51(55)56)62-50(54)43-41-39-37-35-33-31-29-27-24-22-20-18-16-14-12-10-8-6-4-2/h18,20,47-48H,3-17,19,21-46,52H2,1-2H3,(H,55,56)(H,57,58)/b20-18+/t47-,48+/m1/s1. The lowest BCUT2D eigenvalue weighted by atomic mass is 10.0. The van der Waals surface area contributed by atoms with Gasteiger partial charge in [0.05, 0.1) is 13.2 Å². The van der Waals surface area contributed by atoms with Gasteiger partial charge in [-0.25, -0.2) is 4.57 Å². The van der Waals surface area contributed by atoms with Crippen molar-refractivity contribution in [3.8, 4) is 0 Å². The van der Waals surface area contributed by atoms with E-state index in [-0.39, 0.29) is 19.4 Å². The third kappa shape index (κ3) is 46.5. The second kappa shape index (κ2) is 46.7. The van der Waals surface area contributed by atoms with E-state index in [2.05, 4.69) is 30.5 Å². The largest absolute Gasteiger partial charge is 0.480 e. The SMILES string of the molecule is CCCCCCCC/C=C/CCCCCCCCCCCC(=O)O[C@H](COC(=O)CCCCCCCCCCCCCCCCCCCCCC)COP(=O)(O)OC[C@H](N)C(=O)O. The molecular formula is C51H98NO10P. The van der Waals surface area contributed by atoms with Gasteiger partial charge in [0.1, 0.15) is 12.6 Å². The van der Waals surface area contributed by atoms with Crippen molar-refractivity contribution in [2.75, 3.05) is 19.8 Å². The van der Waals surface area contributed by atoms with Crippen molar-refractivity contribution in [1.82, 2.24) is 0 Å². The Morgan fingerprint density at radius 1 is 0.476 bits per heavy atom. The Labute approximate surface area is 386 Å². The fourth-order valence-corrected chi connectivity index (χ4v) is 8.43. The summed E-state index contributed by atoms with van der Waals surface area (Å²) in [6, 6.07) is -1.52. The number of hydrogen-bond donors (Lipinski definition) is 3. The Bertz CT molecular complexity index is 1120. The summed E-state index contributed by atoms with van der Waals surface area (Å²) in [6.07, 6.45) is 49.9. The molecule has 12 heteroatoms. The minimum absolute atomic E-state index is 0.164. The van der Waals surface area contributed by atoms with Crippen molar-refractivity contribution in [3.05, 3.63) is 12.2 Å². The average Bonchev–Trinajstić information content (AvgIpc) is 3.26. The smallest absolute Gasteiger partial charge is 0.472 e. The fourth-order valence-electron chi connectivity index (χ4n) is 7.65. The van der Waals surface area contributed by atoms with Gasteiger partial charge in [-0.05, 0) is 38.5 Å². The molecule has 0 aromatic heterocycles. The zero-order chi connectivity index (χ0) is 46.3. The van der Waals surface area contributed by atoms with Gasteiger partial charge < -0.3 is 25.2 Å². The highest BCUT2D eigenvalue weighted by Crippen LogP contribution is 2.43. The molecule has 0 aromatic carbocycles. The maximum Gasteiger partial charge on any atom is 0.472 e. The summed E-state index contributed by atoms with van der Waals surface area (Å²) in [5.41, 5.74) is 5.36. The van der Waals surface area contributed by atoms with Crippen molar-refractivity contribution >= 4 is 25.7 Å². The number of aliphatic carboxylic acids is 1. The lowest BCUT2D eigenvalue weighted by Crippen LogP contribution is -2.34. The van der Waals surface area contributed by atoms with Crippen LogP contribution in [-0.4, -0.2) is 59.9 Å².